The summed E-state index contributed by atoms with van der Waals surface area (Å²) in [6.07, 6.45) is 5.65. The van der Waals surface area contributed by atoms with Gasteiger partial charge >= 0.3 is 0 Å². The monoisotopic (exact) mass is 285 g/mol. The highest BCUT2D eigenvalue weighted by Gasteiger charge is 2.13. The van der Waals surface area contributed by atoms with E-state index in [2.05, 4.69) is 41.5 Å². The molecule has 0 aliphatic carbocycles. The first kappa shape index (κ1) is 15.4. The predicted molar refractivity (Wildman–Crippen MR) is 84.4 cm³/mol. The maximum absolute atomic E-state index is 5.63. The largest absolute Gasteiger partial charge is 0.494 e. The van der Waals surface area contributed by atoms with Crippen molar-refractivity contribution < 1.29 is 4.74 Å². The van der Waals surface area contributed by atoms with Gasteiger partial charge in [-0.25, -0.2) is 0 Å². The molecule has 0 amide bonds. The number of ether oxygens (including phenoxy) is 1. The van der Waals surface area contributed by atoms with Crippen molar-refractivity contribution in [3.8, 4) is 5.75 Å². The van der Waals surface area contributed by atoms with E-state index in [9.17, 15) is 0 Å². The number of nitrogens with zero attached hydrogens (tertiary/aromatic N) is 2. The SMILES string of the molecule is CCCNC(c1ccc(OCCC)cc1)c1ccnnc1. The quantitative estimate of drug-likeness (QED) is 0.808. The first-order valence-electron chi connectivity index (χ1n) is 7.58. The Labute approximate surface area is 126 Å². The summed E-state index contributed by atoms with van der Waals surface area (Å²) in [5, 5.41) is 11.4. The molecule has 0 radical (unpaired) electrons. The smallest absolute Gasteiger partial charge is 0.119 e. The Balaban J connectivity index is 2.16. The highest BCUT2D eigenvalue weighted by Crippen LogP contribution is 2.23. The van der Waals surface area contributed by atoms with E-state index >= 15 is 0 Å². The van der Waals surface area contributed by atoms with Crippen LogP contribution in [0.25, 0.3) is 0 Å². The summed E-state index contributed by atoms with van der Waals surface area (Å²) in [5.74, 6) is 0.919. The van der Waals surface area contributed by atoms with E-state index in [-0.39, 0.29) is 6.04 Å². The highest BCUT2D eigenvalue weighted by atomic mass is 16.5. The molecule has 1 atom stereocenters. The second-order valence-electron chi connectivity index (χ2n) is 4.98. The minimum absolute atomic E-state index is 0.140. The maximum Gasteiger partial charge on any atom is 0.119 e. The van der Waals surface area contributed by atoms with Gasteiger partial charge in [-0.3, -0.25) is 0 Å². The van der Waals surface area contributed by atoms with Gasteiger partial charge in [0.05, 0.1) is 18.8 Å². The van der Waals surface area contributed by atoms with E-state index in [4.69, 9.17) is 4.74 Å². The third kappa shape index (κ3) is 4.53. The maximum atomic E-state index is 5.63. The van der Waals surface area contributed by atoms with Crippen LogP contribution in [0.1, 0.15) is 43.9 Å². The fourth-order valence-corrected chi connectivity index (χ4v) is 2.16. The molecule has 1 heterocycles. The molecule has 1 aromatic carbocycles. The van der Waals surface area contributed by atoms with Gasteiger partial charge < -0.3 is 10.1 Å². The van der Waals surface area contributed by atoms with Gasteiger partial charge in [0.1, 0.15) is 5.75 Å². The average molecular weight is 285 g/mol. The normalized spacial score (nSPS) is 12.1. The van der Waals surface area contributed by atoms with E-state index < -0.39 is 0 Å². The second-order valence-corrected chi connectivity index (χ2v) is 4.98. The summed E-state index contributed by atoms with van der Waals surface area (Å²) < 4.78 is 5.63. The van der Waals surface area contributed by atoms with Crippen molar-refractivity contribution >= 4 is 0 Å². The minimum atomic E-state index is 0.140. The van der Waals surface area contributed by atoms with Crippen molar-refractivity contribution in [1.29, 1.82) is 0 Å². The molecule has 4 nitrogen and oxygen atoms in total. The van der Waals surface area contributed by atoms with Crippen molar-refractivity contribution in [2.45, 2.75) is 32.7 Å². The summed E-state index contributed by atoms with van der Waals surface area (Å²) in [4.78, 5) is 0. The first-order chi connectivity index (χ1) is 10.3. The molecule has 1 unspecified atom stereocenters. The fourth-order valence-electron chi connectivity index (χ4n) is 2.16. The third-order valence-corrected chi connectivity index (χ3v) is 3.23. The molecule has 0 fully saturated rings. The lowest BCUT2D eigenvalue weighted by atomic mass is 10.0. The van der Waals surface area contributed by atoms with E-state index in [0.717, 1.165) is 37.3 Å². The van der Waals surface area contributed by atoms with Gasteiger partial charge in [0.15, 0.2) is 0 Å². The van der Waals surface area contributed by atoms with E-state index in [1.54, 1.807) is 6.20 Å². The summed E-state index contributed by atoms with van der Waals surface area (Å²) in [5.41, 5.74) is 2.33. The van der Waals surface area contributed by atoms with Crippen LogP contribution in [0.2, 0.25) is 0 Å². The molecule has 112 valence electrons. The van der Waals surface area contributed by atoms with Crippen molar-refractivity contribution in [3.05, 3.63) is 53.9 Å². The van der Waals surface area contributed by atoms with Crippen LogP contribution >= 0.6 is 0 Å². The van der Waals surface area contributed by atoms with Crippen LogP contribution in [0.4, 0.5) is 0 Å². The van der Waals surface area contributed by atoms with Crippen LogP contribution in [0.5, 0.6) is 5.75 Å². The van der Waals surface area contributed by atoms with Gasteiger partial charge in [-0.2, -0.15) is 10.2 Å². The van der Waals surface area contributed by atoms with Gasteiger partial charge in [-0.15, -0.1) is 0 Å². The van der Waals surface area contributed by atoms with Crippen LogP contribution in [0.15, 0.2) is 42.7 Å². The molecule has 2 aromatic rings. The lowest BCUT2D eigenvalue weighted by Crippen LogP contribution is -2.23. The van der Waals surface area contributed by atoms with Crippen molar-refractivity contribution in [1.82, 2.24) is 15.5 Å². The molecule has 21 heavy (non-hydrogen) atoms. The Morgan fingerprint density at radius 3 is 2.43 bits per heavy atom. The van der Waals surface area contributed by atoms with Crippen LogP contribution in [0, 0.1) is 0 Å². The molecule has 0 bridgehead atoms. The average Bonchev–Trinajstić information content (AvgIpc) is 2.55. The van der Waals surface area contributed by atoms with Gasteiger partial charge in [0, 0.05) is 6.20 Å². The zero-order valence-electron chi connectivity index (χ0n) is 12.7. The third-order valence-electron chi connectivity index (χ3n) is 3.23. The minimum Gasteiger partial charge on any atom is -0.494 e. The molecule has 1 aromatic heterocycles. The van der Waals surface area contributed by atoms with Crippen molar-refractivity contribution in [3.63, 3.8) is 0 Å². The topological polar surface area (TPSA) is 47.0 Å². The molecule has 0 aliphatic rings. The second kappa shape index (κ2) is 8.37. The van der Waals surface area contributed by atoms with E-state index in [1.165, 1.54) is 5.56 Å². The van der Waals surface area contributed by atoms with Crippen molar-refractivity contribution in [2.24, 2.45) is 0 Å². The van der Waals surface area contributed by atoms with E-state index in [1.807, 2.05) is 24.4 Å². The Bertz CT molecular complexity index is 513. The standard InChI is InChI=1S/C17H23N3O/c1-3-10-18-17(15-9-11-19-20-13-15)14-5-7-16(8-6-14)21-12-4-2/h5-9,11,13,17-18H,3-4,10,12H2,1-2H3. The number of rotatable bonds is 8. The lowest BCUT2D eigenvalue weighted by molar-refractivity contribution is 0.317. The Morgan fingerprint density at radius 1 is 1.00 bits per heavy atom. The number of hydrogen-bond donors (Lipinski definition) is 1. The molecular weight excluding hydrogens is 262 g/mol. The number of nitrogens with one attached hydrogen (secondary N) is 1. The van der Waals surface area contributed by atoms with Crippen molar-refractivity contribution in [2.75, 3.05) is 13.2 Å². The lowest BCUT2D eigenvalue weighted by Gasteiger charge is -2.19. The van der Waals surface area contributed by atoms with Crippen LogP contribution in [0.3, 0.4) is 0 Å². The van der Waals surface area contributed by atoms with Gasteiger partial charge in [-0.1, -0.05) is 26.0 Å². The van der Waals surface area contributed by atoms with Crippen LogP contribution in [-0.2, 0) is 0 Å². The fraction of sp³-hybridized carbons (Fsp3) is 0.412. The van der Waals surface area contributed by atoms with Gasteiger partial charge in [0.25, 0.3) is 0 Å². The molecule has 1 N–H and O–H groups in total. The zero-order chi connectivity index (χ0) is 14.9. The Hall–Kier alpha value is -1.94. The number of aromatic nitrogens is 2. The highest BCUT2D eigenvalue weighted by molar-refractivity contribution is 5.34. The molecule has 0 aliphatic heterocycles. The van der Waals surface area contributed by atoms with Crippen LogP contribution in [-0.4, -0.2) is 23.3 Å². The van der Waals surface area contributed by atoms with Crippen LogP contribution < -0.4 is 10.1 Å². The summed E-state index contributed by atoms with van der Waals surface area (Å²) in [6.45, 7) is 5.98. The van der Waals surface area contributed by atoms with Gasteiger partial charge in [0.2, 0.25) is 0 Å². The number of hydrogen-bond acceptors (Lipinski definition) is 4. The molecule has 2 rings (SSSR count). The Morgan fingerprint density at radius 2 is 1.81 bits per heavy atom. The molecule has 0 saturated heterocycles. The molecular formula is C17H23N3O. The zero-order valence-corrected chi connectivity index (χ0v) is 12.7. The predicted octanol–water partition coefficient (Wildman–Crippen LogP) is 3.35. The molecule has 4 heteroatoms. The Kier molecular flexibility index (Phi) is 6.16. The first-order valence-corrected chi connectivity index (χ1v) is 7.58. The molecule has 0 saturated carbocycles. The number of benzene rings is 1. The molecule has 0 spiro atoms. The summed E-state index contributed by atoms with van der Waals surface area (Å²) in [6, 6.07) is 10.4. The van der Waals surface area contributed by atoms with Gasteiger partial charge in [-0.05, 0) is 48.7 Å². The van der Waals surface area contributed by atoms with E-state index in [0.29, 0.717) is 0 Å². The summed E-state index contributed by atoms with van der Waals surface area (Å²) >= 11 is 0. The summed E-state index contributed by atoms with van der Waals surface area (Å²) in [7, 11) is 0.